The highest BCUT2D eigenvalue weighted by Crippen LogP contribution is 2.15. The number of aromatic amines is 1. The number of H-pyrrole nitrogens is 1. The number of hydrogen-bond acceptors (Lipinski definition) is 3. The van der Waals surface area contributed by atoms with Crippen molar-refractivity contribution in [2.75, 3.05) is 0 Å². The Balaban J connectivity index is 2.17. The van der Waals surface area contributed by atoms with E-state index in [-0.39, 0.29) is 5.92 Å². The van der Waals surface area contributed by atoms with Crippen LogP contribution < -0.4 is 0 Å². The van der Waals surface area contributed by atoms with E-state index in [1.807, 2.05) is 22.5 Å². The molecular weight excluding hydrogens is 290 g/mol. The Kier molecular flexibility index (Phi) is 3.25. The second kappa shape index (κ2) is 4.50. The first-order valence-electron chi connectivity index (χ1n) is 4.87. The summed E-state index contributed by atoms with van der Waals surface area (Å²) in [6.07, 6.45) is 3.72. The predicted octanol–water partition coefficient (Wildman–Crippen LogP) is 2.24. The highest BCUT2D eigenvalue weighted by atomic mass is 79.9. The lowest BCUT2D eigenvalue weighted by Crippen LogP contribution is -2.11. The third-order valence-corrected chi connectivity index (χ3v) is 3.19. The molecule has 0 fully saturated rings. The summed E-state index contributed by atoms with van der Waals surface area (Å²) in [5.74, 6) is 1.20. The molecular formula is C9H12BrN5S. The standard InChI is InChI=1S/C9H12BrN5S/c1-6(4-15-5-7(10)3-11-15)8-12-13-9(16)14(8)2/h3,5-6H,4H2,1-2H3,(H,13,16)/t6-/m1/s1. The maximum absolute atomic E-state index is 5.08. The van der Waals surface area contributed by atoms with Crippen molar-refractivity contribution in [3.63, 3.8) is 0 Å². The molecule has 1 N–H and O–H groups in total. The first kappa shape index (κ1) is 11.5. The quantitative estimate of drug-likeness (QED) is 0.885. The van der Waals surface area contributed by atoms with Crippen LogP contribution >= 0.6 is 28.1 Å². The van der Waals surface area contributed by atoms with Gasteiger partial charge in [-0.05, 0) is 28.1 Å². The van der Waals surface area contributed by atoms with Crippen LogP contribution in [-0.4, -0.2) is 24.5 Å². The van der Waals surface area contributed by atoms with E-state index in [1.54, 1.807) is 6.20 Å². The number of halogens is 1. The third kappa shape index (κ3) is 2.25. The Bertz CT molecular complexity index is 540. The monoisotopic (exact) mass is 301 g/mol. The van der Waals surface area contributed by atoms with Crippen LogP contribution in [0.5, 0.6) is 0 Å². The first-order chi connectivity index (χ1) is 7.58. The van der Waals surface area contributed by atoms with Crippen molar-refractivity contribution in [1.29, 1.82) is 0 Å². The maximum Gasteiger partial charge on any atom is 0.194 e. The van der Waals surface area contributed by atoms with Crippen LogP contribution in [0.15, 0.2) is 16.9 Å². The fourth-order valence-electron chi connectivity index (χ4n) is 1.60. The van der Waals surface area contributed by atoms with Gasteiger partial charge in [0.05, 0.1) is 17.2 Å². The Morgan fingerprint density at radius 2 is 2.38 bits per heavy atom. The first-order valence-corrected chi connectivity index (χ1v) is 6.07. The number of aromatic nitrogens is 5. The topological polar surface area (TPSA) is 51.4 Å². The fraction of sp³-hybridized carbons (Fsp3) is 0.444. The van der Waals surface area contributed by atoms with Gasteiger partial charge >= 0.3 is 0 Å². The molecule has 2 aromatic heterocycles. The van der Waals surface area contributed by atoms with Crippen LogP contribution in [-0.2, 0) is 13.6 Å². The lowest BCUT2D eigenvalue weighted by Gasteiger charge is -2.10. The van der Waals surface area contributed by atoms with Crippen molar-refractivity contribution in [1.82, 2.24) is 24.5 Å². The molecule has 0 aromatic carbocycles. The molecule has 0 aliphatic rings. The van der Waals surface area contributed by atoms with Gasteiger partial charge in [0.25, 0.3) is 0 Å². The minimum absolute atomic E-state index is 0.254. The van der Waals surface area contributed by atoms with Gasteiger partial charge in [0.1, 0.15) is 5.82 Å². The zero-order valence-corrected chi connectivity index (χ0v) is 11.4. The molecule has 2 heterocycles. The largest absolute Gasteiger partial charge is 0.307 e. The summed E-state index contributed by atoms with van der Waals surface area (Å²) in [5, 5.41) is 11.2. The average Bonchev–Trinajstić information content (AvgIpc) is 2.76. The van der Waals surface area contributed by atoms with Crippen molar-refractivity contribution in [2.45, 2.75) is 19.4 Å². The van der Waals surface area contributed by atoms with Gasteiger partial charge in [-0.15, -0.1) is 0 Å². The number of nitrogens with one attached hydrogen (secondary N) is 1. The average molecular weight is 302 g/mol. The van der Waals surface area contributed by atoms with Gasteiger partial charge in [-0.3, -0.25) is 9.78 Å². The highest BCUT2D eigenvalue weighted by Gasteiger charge is 2.13. The van der Waals surface area contributed by atoms with E-state index in [0.29, 0.717) is 4.77 Å². The SMILES string of the molecule is C[C@H](Cn1cc(Br)cn1)c1n[nH]c(=S)n1C. The van der Waals surface area contributed by atoms with Crippen molar-refractivity contribution in [2.24, 2.45) is 7.05 Å². The highest BCUT2D eigenvalue weighted by molar-refractivity contribution is 9.10. The zero-order chi connectivity index (χ0) is 11.7. The Hall–Kier alpha value is -0.950. The molecule has 7 heteroatoms. The molecule has 0 unspecified atom stereocenters. The van der Waals surface area contributed by atoms with E-state index >= 15 is 0 Å². The third-order valence-electron chi connectivity index (χ3n) is 2.42. The molecule has 0 amide bonds. The molecule has 0 radical (unpaired) electrons. The van der Waals surface area contributed by atoms with Crippen molar-refractivity contribution >= 4 is 28.1 Å². The van der Waals surface area contributed by atoms with Gasteiger partial charge in [0, 0.05) is 19.2 Å². The van der Waals surface area contributed by atoms with E-state index in [1.165, 1.54) is 0 Å². The van der Waals surface area contributed by atoms with Gasteiger partial charge < -0.3 is 4.57 Å². The molecule has 0 aliphatic heterocycles. The lowest BCUT2D eigenvalue weighted by atomic mass is 10.1. The van der Waals surface area contributed by atoms with Crippen LogP contribution in [0.25, 0.3) is 0 Å². The van der Waals surface area contributed by atoms with Gasteiger partial charge in [-0.1, -0.05) is 6.92 Å². The molecule has 0 aliphatic carbocycles. The second-order valence-electron chi connectivity index (χ2n) is 3.73. The van der Waals surface area contributed by atoms with Gasteiger partial charge in [0.2, 0.25) is 0 Å². The maximum atomic E-state index is 5.08. The summed E-state index contributed by atoms with van der Waals surface area (Å²) in [7, 11) is 1.91. The zero-order valence-electron chi connectivity index (χ0n) is 9.01. The molecule has 2 aromatic rings. The molecule has 86 valence electrons. The Labute approximate surface area is 107 Å². The van der Waals surface area contributed by atoms with E-state index in [2.05, 4.69) is 38.1 Å². The summed E-state index contributed by atoms with van der Waals surface area (Å²) in [5.41, 5.74) is 0. The molecule has 2 rings (SSSR count). The van der Waals surface area contributed by atoms with Crippen LogP contribution in [0.2, 0.25) is 0 Å². The predicted molar refractivity (Wildman–Crippen MR) is 66.7 cm³/mol. The van der Waals surface area contributed by atoms with Crippen molar-refractivity contribution < 1.29 is 0 Å². The van der Waals surface area contributed by atoms with Crippen molar-refractivity contribution in [3.05, 3.63) is 27.5 Å². The molecule has 0 spiro atoms. The number of nitrogens with zero attached hydrogens (tertiary/aromatic N) is 4. The molecule has 1 atom stereocenters. The summed E-state index contributed by atoms with van der Waals surface area (Å²) in [6, 6.07) is 0. The molecule has 0 saturated carbocycles. The van der Waals surface area contributed by atoms with E-state index in [0.717, 1.165) is 16.8 Å². The summed E-state index contributed by atoms with van der Waals surface area (Å²) in [6.45, 7) is 2.87. The minimum atomic E-state index is 0.254. The van der Waals surface area contributed by atoms with Crippen LogP contribution in [0.4, 0.5) is 0 Å². The smallest absolute Gasteiger partial charge is 0.194 e. The normalized spacial score (nSPS) is 12.9. The fourth-order valence-corrected chi connectivity index (χ4v) is 2.07. The second-order valence-corrected chi connectivity index (χ2v) is 5.03. The van der Waals surface area contributed by atoms with Gasteiger partial charge in [0.15, 0.2) is 4.77 Å². The Morgan fingerprint density at radius 3 is 2.88 bits per heavy atom. The van der Waals surface area contributed by atoms with Gasteiger partial charge in [-0.25, -0.2) is 0 Å². The molecule has 16 heavy (non-hydrogen) atoms. The molecule has 0 saturated heterocycles. The van der Waals surface area contributed by atoms with Crippen molar-refractivity contribution in [3.8, 4) is 0 Å². The number of rotatable bonds is 3. The molecule has 0 bridgehead atoms. The van der Waals surface area contributed by atoms with Crippen LogP contribution in [0.1, 0.15) is 18.7 Å². The van der Waals surface area contributed by atoms with E-state index < -0.39 is 0 Å². The van der Waals surface area contributed by atoms with Crippen LogP contribution in [0.3, 0.4) is 0 Å². The van der Waals surface area contributed by atoms with Crippen LogP contribution in [0, 0.1) is 4.77 Å². The summed E-state index contributed by atoms with van der Waals surface area (Å²) in [4.78, 5) is 0. The Morgan fingerprint density at radius 1 is 1.62 bits per heavy atom. The lowest BCUT2D eigenvalue weighted by molar-refractivity contribution is 0.511. The molecule has 5 nitrogen and oxygen atoms in total. The van der Waals surface area contributed by atoms with Gasteiger partial charge in [-0.2, -0.15) is 10.2 Å². The summed E-state index contributed by atoms with van der Waals surface area (Å²) >= 11 is 8.45. The minimum Gasteiger partial charge on any atom is -0.307 e. The van der Waals surface area contributed by atoms with E-state index in [9.17, 15) is 0 Å². The van der Waals surface area contributed by atoms with E-state index in [4.69, 9.17) is 12.2 Å². The number of hydrogen-bond donors (Lipinski definition) is 1. The summed E-state index contributed by atoms with van der Waals surface area (Å²) < 4.78 is 5.39.